The Morgan fingerprint density at radius 3 is 2.25 bits per heavy atom. The number of halogens is 1. The van der Waals surface area contributed by atoms with E-state index < -0.39 is 0 Å². The van der Waals surface area contributed by atoms with Gasteiger partial charge >= 0.3 is 0 Å². The Kier molecular flexibility index (Phi) is 3.59. The first-order valence-electron chi connectivity index (χ1n) is 6.38. The maximum atomic E-state index is 6.65. The van der Waals surface area contributed by atoms with Gasteiger partial charge in [0.25, 0.3) is 0 Å². The molecule has 0 bridgehead atoms. The van der Waals surface area contributed by atoms with E-state index in [-0.39, 0.29) is 5.38 Å². The van der Waals surface area contributed by atoms with Gasteiger partial charge in [0, 0.05) is 0 Å². The van der Waals surface area contributed by atoms with Crippen LogP contribution >= 0.6 is 11.6 Å². The Morgan fingerprint density at radius 1 is 1.19 bits per heavy atom. The number of aryl methyl sites for hydroxylation is 1. The van der Waals surface area contributed by atoms with E-state index >= 15 is 0 Å². The van der Waals surface area contributed by atoms with Gasteiger partial charge in [0.15, 0.2) is 0 Å². The standard InChI is InChI=1S/C15H21Cl/c1-3-12-6-8-13(9-7-12)14(16)15(2)10-4-5-11-15/h6-9,14H,3-5,10-11H2,1-2H3. The van der Waals surface area contributed by atoms with Gasteiger partial charge in [-0.1, -0.05) is 51.0 Å². The van der Waals surface area contributed by atoms with Crippen LogP contribution in [0.4, 0.5) is 0 Å². The molecule has 88 valence electrons. The minimum absolute atomic E-state index is 0.181. The molecule has 1 heteroatoms. The second-order valence-corrected chi connectivity index (χ2v) is 5.76. The molecule has 0 N–H and O–H groups in total. The molecule has 0 aliphatic heterocycles. The number of hydrogen-bond donors (Lipinski definition) is 0. The molecule has 1 aromatic rings. The SMILES string of the molecule is CCc1ccc(C(Cl)C2(C)CCCC2)cc1. The highest BCUT2D eigenvalue weighted by Crippen LogP contribution is 2.50. The van der Waals surface area contributed by atoms with Crippen LogP contribution in [0, 0.1) is 5.41 Å². The zero-order chi connectivity index (χ0) is 11.6. The zero-order valence-electron chi connectivity index (χ0n) is 10.3. The number of hydrogen-bond acceptors (Lipinski definition) is 0. The third-order valence-corrected chi connectivity index (χ3v) is 4.82. The molecule has 1 aliphatic carbocycles. The molecular formula is C15H21Cl. The van der Waals surface area contributed by atoms with Crippen LogP contribution in [0.15, 0.2) is 24.3 Å². The molecule has 1 atom stereocenters. The first-order valence-corrected chi connectivity index (χ1v) is 6.82. The summed E-state index contributed by atoms with van der Waals surface area (Å²) in [5.41, 5.74) is 3.00. The Balaban J connectivity index is 2.16. The van der Waals surface area contributed by atoms with Crippen LogP contribution in [0.2, 0.25) is 0 Å². The fourth-order valence-corrected chi connectivity index (χ4v) is 3.12. The van der Waals surface area contributed by atoms with Crippen molar-refractivity contribution in [1.82, 2.24) is 0 Å². The Morgan fingerprint density at radius 2 is 1.75 bits per heavy atom. The zero-order valence-corrected chi connectivity index (χ0v) is 11.1. The van der Waals surface area contributed by atoms with Crippen molar-refractivity contribution >= 4 is 11.6 Å². The van der Waals surface area contributed by atoms with Crippen molar-refractivity contribution in [2.24, 2.45) is 5.41 Å². The molecule has 0 nitrogen and oxygen atoms in total. The Labute approximate surface area is 104 Å². The molecule has 1 aliphatic rings. The lowest BCUT2D eigenvalue weighted by Crippen LogP contribution is -2.17. The third kappa shape index (κ3) is 2.27. The van der Waals surface area contributed by atoms with Crippen molar-refractivity contribution in [1.29, 1.82) is 0 Å². The van der Waals surface area contributed by atoms with E-state index in [1.807, 2.05) is 0 Å². The van der Waals surface area contributed by atoms with Gasteiger partial charge in [-0.2, -0.15) is 0 Å². The van der Waals surface area contributed by atoms with E-state index in [0.717, 1.165) is 6.42 Å². The van der Waals surface area contributed by atoms with E-state index in [1.165, 1.54) is 36.8 Å². The van der Waals surface area contributed by atoms with E-state index in [2.05, 4.69) is 38.1 Å². The molecule has 2 rings (SSSR count). The summed E-state index contributed by atoms with van der Waals surface area (Å²) in [6, 6.07) is 8.84. The summed E-state index contributed by atoms with van der Waals surface area (Å²) in [5.74, 6) is 0. The van der Waals surface area contributed by atoms with Crippen LogP contribution < -0.4 is 0 Å². The van der Waals surface area contributed by atoms with E-state index in [9.17, 15) is 0 Å². The maximum Gasteiger partial charge on any atom is 0.0638 e. The molecule has 0 spiro atoms. The van der Waals surface area contributed by atoms with Crippen molar-refractivity contribution in [3.05, 3.63) is 35.4 Å². The molecule has 0 aromatic heterocycles. The minimum Gasteiger partial charge on any atom is -0.117 e. The quantitative estimate of drug-likeness (QED) is 0.640. The van der Waals surface area contributed by atoms with E-state index in [4.69, 9.17) is 11.6 Å². The van der Waals surface area contributed by atoms with Crippen LogP contribution in [-0.4, -0.2) is 0 Å². The smallest absolute Gasteiger partial charge is 0.0638 e. The summed E-state index contributed by atoms with van der Waals surface area (Å²) in [6.45, 7) is 4.52. The molecule has 1 unspecified atom stereocenters. The maximum absolute atomic E-state index is 6.65. The molecule has 0 radical (unpaired) electrons. The molecule has 1 saturated carbocycles. The molecule has 1 fully saturated rings. The van der Waals surface area contributed by atoms with Gasteiger partial charge < -0.3 is 0 Å². The summed E-state index contributed by atoms with van der Waals surface area (Å²) in [7, 11) is 0. The van der Waals surface area contributed by atoms with Crippen LogP contribution in [0.5, 0.6) is 0 Å². The summed E-state index contributed by atoms with van der Waals surface area (Å²) in [6.07, 6.45) is 6.33. The predicted octanol–water partition coefficient (Wildman–Crippen LogP) is 5.11. The second kappa shape index (κ2) is 4.79. The molecule has 0 heterocycles. The molecule has 0 saturated heterocycles. The summed E-state index contributed by atoms with van der Waals surface area (Å²) in [4.78, 5) is 0. The van der Waals surface area contributed by atoms with Crippen molar-refractivity contribution in [3.63, 3.8) is 0 Å². The predicted molar refractivity (Wildman–Crippen MR) is 71.0 cm³/mol. The van der Waals surface area contributed by atoms with Gasteiger partial charge in [-0.25, -0.2) is 0 Å². The second-order valence-electron chi connectivity index (χ2n) is 5.32. The summed E-state index contributed by atoms with van der Waals surface area (Å²) in [5, 5.41) is 0.181. The fourth-order valence-electron chi connectivity index (χ4n) is 2.76. The van der Waals surface area contributed by atoms with Gasteiger partial charge in [0.1, 0.15) is 0 Å². The lowest BCUT2D eigenvalue weighted by atomic mass is 9.81. The fraction of sp³-hybridized carbons (Fsp3) is 0.600. The number of rotatable bonds is 3. The summed E-state index contributed by atoms with van der Waals surface area (Å²) < 4.78 is 0. The molecule has 1 aromatic carbocycles. The first kappa shape index (κ1) is 12.0. The topological polar surface area (TPSA) is 0 Å². The van der Waals surface area contributed by atoms with Crippen molar-refractivity contribution in [3.8, 4) is 0 Å². The first-order chi connectivity index (χ1) is 7.65. The number of alkyl halides is 1. The van der Waals surface area contributed by atoms with Crippen molar-refractivity contribution < 1.29 is 0 Å². The third-order valence-electron chi connectivity index (χ3n) is 4.04. The monoisotopic (exact) mass is 236 g/mol. The van der Waals surface area contributed by atoms with Gasteiger partial charge in [-0.05, 0) is 35.8 Å². The Bertz CT molecular complexity index is 333. The van der Waals surface area contributed by atoms with Crippen molar-refractivity contribution in [2.75, 3.05) is 0 Å². The highest BCUT2D eigenvalue weighted by molar-refractivity contribution is 6.21. The molecule has 16 heavy (non-hydrogen) atoms. The minimum atomic E-state index is 0.181. The van der Waals surface area contributed by atoms with Crippen molar-refractivity contribution in [2.45, 2.75) is 51.3 Å². The average molecular weight is 237 g/mol. The van der Waals surface area contributed by atoms with Crippen LogP contribution in [0.3, 0.4) is 0 Å². The molecular weight excluding hydrogens is 216 g/mol. The normalized spacial score (nSPS) is 20.9. The van der Waals surface area contributed by atoms with Crippen LogP contribution in [-0.2, 0) is 6.42 Å². The average Bonchev–Trinajstić information content (AvgIpc) is 2.77. The van der Waals surface area contributed by atoms with E-state index in [1.54, 1.807) is 0 Å². The van der Waals surface area contributed by atoms with Gasteiger partial charge in [-0.3, -0.25) is 0 Å². The largest absolute Gasteiger partial charge is 0.117 e. The van der Waals surface area contributed by atoms with Gasteiger partial charge in [0.05, 0.1) is 5.38 Å². The highest BCUT2D eigenvalue weighted by Gasteiger charge is 2.36. The van der Waals surface area contributed by atoms with Crippen LogP contribution in [0.25, 0.3) is 0 Å². The van der Waals surface area contributed by atoms with E-state index in [0.29, 0.717) is 5.41 Å². The number of benzene rings is 1. The highest BCUT2D eigenvalue weighted by atomic mass is 35.5. The van der Waals surface area contributed by atoms with Crippen LogP contribution in [0.1, 0.15) is 56.0 Å². The Hall–Kier alpha value is -0.490. The van der Waals surface area contributed by atoms with Gasteiger partial charge in [0.2, 0.25) is 0 Å². The lowest BCUT2D eigenvalue weighted by molar-refractivity contribution is 0.322. The summed E-state index contributed by atoms with van der Waals surface area (Å²) >= 11 is 6.65. The van der Waals surface area contributed by atoms with Gasteiger partial charge in [-0.15, -0.1) is 11.6 Å². The lowest BCUT2D eigenvalue weighted by Gasteiger charge is -2.29. The molecule has 0 amide bonds.